The molecule has 84 valence electrons. The zero-order valence-electron chi connectivity index (χ0n) is 7.71. The second-order valence-corrected chi connectivity index (χ2v) is 3.59. The van der Waals surface area contributed by atoms with Crippen LogP contribution in [0.4, 0.5) is 8.78 Å². The van der Waals surface area contributed by atoms with E-state index < -0.39 is 13.0 Å². The van der Waals surface area contributed by atoms with E-state index in [2.05, 4.69) is 20.7 Å². The summed E-state index contributed by atoms with van der Waals surface area (Å²) in [6, 6.07) is 1.59. The highest BCUT2D eigenvalue weighted by Gasteiger charge is 2.13. The first-order valence-corrected chi connectivity index (χ1v) is 5.02. The fraction of sp³-hybridized carbons (Fsp3) is 0.444. The van der Waals surface area contributed by atoms with Gasteiger partial charge in [-0.2, -0.15) is 0 Å². The molecule has 0 N–H and O–H groups in total. The number of ether oxygens (including phenoxy) is 1. The van der Waals surface area contributed by atoms with Crippen LogP contribution in [0.25, 0.3) is 0 Å². The summed E-state index contributed by atoms with van der Waals surface area (Å²) in [6.07, 6.45) is -1.11. The molecule has 6 heteroatoms. The van der Waals surface area contributed by atoms with Crippen LogP contribution in [0.3, 0.4) is 0 Å². The molecule has 0 aromatic carbocycles. The van der Waals surface area contributed by atoms with E-state index in [1.54, 1.807) is 6.07 Å². The summed E-state index contributed by atoms with van der Waals surface area (Å²) >= 11 is 3.12. The molecular formula is C9H9BrF2O3. The third kappa shape index (κ3) is 4.09. The van der Waals surface area contributed by atoms with E-state index in [9.17, 15) is 13.6 Å². The molecule has 0 unspecified atom stereocenters. The fourth-order valence-corrected chi connectivity index (χ4v) is 1.37. The molecule has 3 nitrogen and oxygen atoms in total. The molecule has 1 rings (SSSR count). The van der Waals surface area contributed by atoms with Gasteiger partial charge in [0.15, 0.2) is 5.76 Å². The summed E-state index contributed by atoms with van der Waals surface area (Å²) in [5.74, 6) is -0.0863. The second kappa shape index (κ2) is 5.97. The average Bonchev–Trinajstić information content (AvgIpc) is 2.58. The van der Waals surface area contributed by atoms with Gasteiger partial charge in [-0.15, -0.1) is 0 Å². The molecule has 0 aliphatic heterocycles. The molecule has 1 heterocycles. The molecule has 0 saturated heterocycles. The van der Waals surface area contributed by atoms with Gasteiger partial charge < -0.3 is 9.15 Å². The first-order chi connectivity index (χ1) is 7.11. The van der Waals surface area contributed by atoms with Gasteiger partial charge in [0.25, 0.3) is 6.43 Å². The van der Waals surface area contributed by atoms with Gasteiger partial charge in [0, 0.05) is 6.42 Å². The number of carbonyl (C=O) groups excluding carboxylic acids is 1. The maximum atomic E-state index is 11.7. The molecule has 0 radical (unpaired) electrons. The zero-order chi connectivity index (χ0) is 11.3. The molecule has 0 bridgehead atoms. The van der Waals surface area contributed by atoms with Gasteiger partial charge in [-0.3, -0.25) is 4.79 Å². The van der Waals surface area contributed by atoms with Crippen LogP contribution in [-0.2, 0) is 4.74 Å². The summed E-state index contributed by atoms with van der Waals surface area (Å²) in [5, 5.41) is 0. The van der Waals surface area contributed by atoms with Crippen LogP contribution >= 0.6 is 15.9 Å². The lowest BCUT2D eigenvalue weighted by Gasteiger charge is -2.01. The van der Waals surface area contributed by atoms with Gasteiger partial charge in [0.1, 0.15) is 6.61 Å². The average molecular weight is 283 g/mol. The Morgan fingerprint density at radius 2 is 2.33 bits per heavy atom. The third-order valence-electron chi connectivity index (χ3n) is 1.59. The topological polar surface area (TPSA) is 39.4 Å². The Labute approximate surface area is 93.5 Å². The molecule has 1 aromatic heterocycles. The number of hydrogen-bond donors (Lipinski definition) is 0. The molecule has 0 atom stereocenters. The Bertz CT molecular complexity index is 325. The van der Waals surface area contributed by atoms with Gasteiger partial charge in [-0.25, -0.2) is 8.78 Å². The van der Waals surface area contributed by atoms with Crippen LogP contribution in [0.15, 0.2) is 21.2 Å². The van der Waals surface area contributed by atoms with E-state index in [4.69, 9.17) is 4.42 Å². The number of furan rings is 1. The van der Waals surface area contributed by atoms with Crippen molar-refractivity contribution in [3.63, 3.8) is 0 Å². The SMILES string of the molecule is O=C(CCOCC(F)F)c1occc1Br. The standard InChI is InChI=1S/C9H9BrF2O3/c10-6-1-4-15-9(6)7(13)2-3-14-5-8(11)12/h1,4,8H,2-3,5H2. The molecular weight excluding hydrogens is 274 g/mol. The summed E-state index contributed by atoms with van der Waals surface area (Å²) in [5.41, 5.74) is 0. The van der Waals surface area contributed by atoms with Crippen molar-refractivity contribution >= 4 is 21.7 Å². The van der Waals surface area contributed by atoms with Crippen LogP contribution < -0.4 is 0 Å². The molecule has 15 heavy (non-hydrogen) atoms. The number of Topliss-reactive ketones (excluding diaryl/α,β-unsaturated/α-hetero) is 1. The smallest absolute Gasteiger partial charge is 0.261 e. The molecule has 0 spiro atoms. The van der Waals surface area contributed by atoms with Gasteiger partial charge in [-0.05, 0) is 22.0 Å². The van der Waals surface area contributed by atoms with Gasteiger partial charge in [0.2, 0.25) is 5.78 Å². The van der Waals surface area contributed by atoms with Crippen LogP contribution in [0, 0.1) is 0 Å². The number of alkyl halides is 2. The van der Waals surface area contributed by atoms with E-state index in [-0.39, 0.29) is 24.6 Å². The van der Waals surface area contributed by atoms with Gasteiger partial charge >= 0.3 is 0 Å². The van der Waals surface area contributed by atoms with Crippen LogP contribution in [0.1, 0.15) is 17.0 Å². The van der Waals surface area contributed by atoms with Crippen molar-refractivity contribution in [2.24, 2.45) is 0 Å². The third-order valence-corrected chi connectivity index (χ3v) is 2.21. The highest BCUT2D eigenvalue weighted by molar-refractivity contribution is 9.10. The Hall–Kier alpha value is -0.750. The summed E-state index contributed by atoms with van der Waals surface area (Å²) < 4.78 is 33.4. The first kappa shape index (κ1) is 12.3. The molecule has 0 aliphatic carbocycles. The Kier molecular flexibility index (Phi) is 4.90. The minimum Gasteiger partial charge on any atom is -0.460 e. The van der Waals surface area contributed by atoms with Crippen molar-refractivity contribution < 1.29 is 22.7 Å². The lowest BCUT2D eigenvalue weighted by molar-refractivity contribution is 0.0167. The van der Waals surface area contributed by atoms with Crippen molar-refractivity contribution in [2.75, 3.05) is 13.2 Å². The summed E-state index contributed by atoms with van der Waals surface area (Å²) in [6.45, 7) is -0.678. The lowest BCUT2D eigenvalue weighted by atomic mass is 10.2. The maximum Gasteiger partial charge on any atom is 0.261 e. The quantitative estimate of drug-likeness (QED) is 0.595. The predicted octanol–water partition coefficient (Wildman–Crippen LogP) is 2.90. The number of ketones is 1. The van der Waals surface area contributed by atoms with Gasteiger partial charge in [0.05, 0.1) is 17.3 Å². The Morgan fingerprint density at radius 1 is 1.60 bits per heavy atom. The fourth-order valence-electron chi connectivity index (χ4n) is 0.944. The van der Waals surface area contributed by atoms with Crippen LogP contribution in [0.2, 0.25) is 0 Å². The van der Waals surface area contributed by atoms with Crippen LogP contribution in [-0.4, -0.2) is 25.4 Å². The monoisotopic (exact) mass is 282 g/mol. The minimum atomic E-state index is -2.50. The van der Waals surface area contributed by atoms with E-state index in [1.807, 2.05) is 0 Å². The second-order valence-electron chi connectivity index (χ2n) is 2.74. The summed E-state index contributed by atoms with van der Waals surface area (Å²) in [4.78, 5) is 11.4. The van der Waals surface area contributed by atoms with Crippen molar-refractivity contribution in [3.8, 4) is 0 Å². The number of rotatable bonds is 6. The highest BCUT2D eigenvalue weighted by atomic mass is 79.9. The summed E-state index contributed by atoms with van der Waals surface area (Å²) in [7, 11) is 0. The lowest BCUT2D eigenvalue weighted by Crippen LogP contribution is -2.09. The van der Waals surface area contributed by atoms with Gasteiger partial charge in [-0.1, -0.05) is 0 Å². The molecule has 0 amide bonds. The molecule has 0 saturated carbocycles. The molecule has 0 aliphatic rings. The van der Waals surface area contributed by atoms with E-state index in [0.717, 1.165) is 0 Å². The normalized spacial score (nSPS) is 10.9. The van der Waals surface area contributed by atoms with Crippen molar-refractivity contribution in [1.29, 1.82) is 0 Å². The van der Waals surface area contributed by atoms with E-state index >= 15 is 0 Å². The van der Waals surface area contributed by atoms with Crippen molar-refractivity contribution in [3.05, 3.63) is 22.6 Å². The number of halogens is 3. The Morgan fingerprint density at radius 3 is 2.87 bits per heavy atom. The zero-order valence-corrected chi connectivity index (χ0v) is 9.30. The highest BCUT2D eigenvalue weighted by Crippen LogP contribution is 2.18. The minimum absolute atomic E-state index is 0.0266. The number of hydrogen-bond acceptors (Lipinski definition) is 3. The predicted molar refractivity (Wildman–Crippen MR) is 52.2 cm³/mol. The number of carbonyl (C=O) groups is 1. The van der Waals surface area contributed by atoms with Crippen LogP contribution in [0.5, 0.6) is 0 Å². The Balaban J connectivity index is 2.28. The first-order valence-electron chi connectivity index (χ1n) is 4.23. The van der Waals surface area contributed by atoms with E-state index in [1.165, 1.54) is 6.26 Å². The molecule has 0 fully saturated rings. The maximum absolute atomic E-state index is 11.7. The van der Waals surface area contributed by atoms with E-state index in [0.29, 0.717) is 4.47 Å². The van der Waals surface area contributed by atoms with Crippen molar-refractivity contribution in [2.45, 2.75) is 12.8 Å². The van der Waals surface area contributed by atoms with Crippen molar-refractivity contribution in [1.82, 2.24) is 0 Å². The molecule has 1 aromatic rings. The largest absolute Gasteiger partial charge is 0.460 e.